The highest BCUT2D eigenvalue weighted by Crippen LogP contribution is 2.38. The second-order valence-electron chi connectivity index (χ2n) is 7.42. The van der Waals surface area contributed by atoms with Gasteiger partial charge in [-0.3, -0.25) is 4.79 Å². The number of rotatable bonds is 6. The summed E-state index contributed by atoms with van der Waals surface area (Å²) < 4.78 is 11.0. The molecule has 0 spiro atoms. The lowest BCUT2D eigenvalue weighted by Gasteiger charge is -2.17. The van der Waals surface area contributed by atoms with Gasteiger partial charge in [0.05, 0.1) is 12.7 Å². The monoisotopic (exact) mass is 423 g/mol. The zero-order chi connectivity index (χ0) is 21.1. The van der Waals surface area contributed by atoms with Gasteiger partial charge in [-0.25, -0.2) is 4.79 Å². The zero-order valence-electron chi connectivity index (χ0n) is 17.2. The number of anilines is 1. The topological polar surface area (TPSA) is 64.6 Å². The first-order chi connectivity index (χ1) is 14.6. The van der Waals surface area contributed by atoms with Gasteiger partial charge >= 0.3 is 5.97 Å². The highest BCUT2D eigenvalue weighted by Gasteiger charge is 2.28. The van der Waals surface area contributed by atoms with Crippen molar-refractivity contribution >= 4 is 39.0 Å². The summed E-state index contributed by atoms with van der Waals surface area (Å²) in [5, 5.41) is 5.69. The molecule has 5 nitrogen and oxygen atoms in total. The minimum atomic E-state index is -0.657. The Morgan fingerprint density at radius 3 is 2.63 bits per heavy atom. The summed E-state index contributed by atoms with van der Waals surface area (Å²) in [5.74, 6) is -0.00281. The molecule has 156 valence electrons. The standard InChI is InChI=1S/C24H25NO4S/c1-3-19(29-17-13-12-15-8-4-5-9-16(15)14-17)22(26)25-23-21(24(27)28-2)18-10-6-7-11-20(18)30-23/h4-5,8-9,12-14,19H,3,6-7,10-11H2,1-2H3,(H,25,26)/t19-/m0/s1. The van der Waals surface area contributed by atoms with Crippen molar-refractivity contribution in [3.63, 3.8) is 0 Å². The predicted octanol–water partition coefficient (Wildman–Crippen LogP) is 5.36. The van der Waals surface area contributed by atoms with Crippen molar-refractivity contribution in [2.75, 3.05) is 12.4 Å². The van der Waals surface area contributed by atoms with E-state index in [1.54, 1.807) is 0 Å². The maximum atomic E-state index is 13.0. The van der Waals surface area contributed by atoms with Gasteiger partial charge in [0.25, 0.3) is 5.91 Å². The number of nitrogens with one attached hydrogen (secondary N) is 1. The van der Waals surface area contributed by atoms with Crippen molar-refractivity contribution in [2.24, 2.45) is 0 Å². The smallest absolute Gasteiger partial charge is 0.341 e. The van der Waals surface area contributed by atoms with E-state index in [1.165, 1.54) is 23.3 Å². The van der Waals surface area contributed by atoms with Crippen LogP contribution in [0.2, 0.25) is 0 Å². The van der Waals surface area contributed by atoms with E-state index >= 15 is 0 Å². The number of hydrogen-bond acceptors (Lipinski definition) is 5. The number of carbonyl (C=O) groups is 2. The van der Waals surface area contributed by atoms with E-state index in [4.69, 9.17) is 9.47 Å². The van der Waals surface area contributed by atoms with Crippen LogP contribution in [0, 0.1) is 0 Å². The van der Waals surface area contributed by atoms with E-state index in [0.29, 0.717) is 22.7 Å². The summed E-state index contributed by atoms with van der Waals surface area (Å²) >= 11 is 1.48. The van der Waals surface area contributed by atoms with Gasteiger partial charge in [0.2, 0.25) is 0 Å². The van der Waals surface area contributed by atoms with Gasteiger partial charge in [0, 0.05) is 4.88 Å². The van der Waals surface area contributed by atoms with Gasteiger partial charge in [-0.15, -0.1) is 11.3 Å². The number of benzene rings is 2. The molecular formula is C24H25NO4S. The van der Waals surface area contributed by atoms with Crippen LogP contribution in [0.5, 0.6) is 5.75 Å². The third kappa shape index (κ3) is 4.05. The highest BCUT2D eigenvalue weighted by atomic mass is 32.1. The van der Waals surface area contributed by atoms with Crippen molar-refractivity contribution in [1.29, 1.82) is 0 Å². The third-order valence-electron chi connectivity index (χ3n) is 5.46. The second-order valence-corrected chi connectivity index (χ2v) is 8.52. The van der Waals surface area contributed by atoms with E-state index in [9.17, 15) is 9.59 Å². The largest absolute Gasteiger partial charge is 0.481 e. The Labute approximate surface area is 180 Å². The Balaban J connectivity index is 1.55. The molecule has 1 heterocycles. The van der Waals surface area contributed by atoms with Gasteiger partial charge in [-0.05, 0) is 60.6 Å². The number of fused-ring (bicyclic) bond motifs is 2. The summed E-state index contributed by atoms with van der Waals surface area (Å²) in [4.78, 5) is 26.6. The summed E-state index contributed by atoms with van der Waals surface area (Å²) in [5.41, 5.74) is 1.53. The zero-order valence-corrected chi connectivity index (χ0v) is 18.0. The molecule has 0 unspecified atom stereocenters. The van der Waals surface area contributed by atoms with Crippen molar-refractivity contribution in [3.05, 3.63) is 58.5 Å². The fourth-order valence-corrected chi connectivity index (χ4v) is 5.17. The molecule has 30 heavy (non-hydrogen) atoms. The van der Waals surface area contributed by atoms with Crippen LogP contribution in [0.25, 0.3) is 10.8 Å². The van der Waals surface area contributed by atoms with Crippen LogP contribution in [0.15, 0.2) is 42.5 Å². The van der Waals surface area contributed by atoms with Gasteiger partial charge in [-0.2, -0.15) is 0 Å². The molecule has 0 radical (unpaired) electrons. The van der Waals surface area contributed by atoms with Crippen molar-refractivity contribution in [2.45, 2.75) is 45.1 Å². The third-order valence-corrected chi connectivity index (χ3v) is 6.67. The van der Waals surface area contributed by atoms with Crippen molar-refractivity contribution in [1.82, 2.24) is 0 Å². The molecule has 0 saturated carbocycles. The van der Waals surface area contributed by atoms with E-state index < -0.39 is 12.1 Å². The maximum Gasteiger partial charge on any atom is 0.341 e. The first-order valence-electron chi connectivity index (χ1n) is 10.3. The summed E-state index contributed by atoms with van der Waals surface area (Å²) in [6.07, 6.45) is 3.78. The molecule has 6 heteroatoms. The average Bonchev–Trinajstić information content (AvgIpc) is 3.14. The number of thiophene rings is 1. The molecule has 1 aliphatic carbocycles. The number of ether oxygens (including phenoxy) is 2. The lowest BCUT2D eigenvalue weighted by Crippen LogP contribution is -2.32. The van der Waals surface area contributed by atoms with Crippen LogP contribution in [0.1, 0.15) is 47.0 Å². The molecule has 0 fully saturated rings. The van der Waals surface area contributed by atoms with Crippen LogP contribution >= 0.6 is 11.3 Å². The van der Waals surface area contributed by atoms with E-state index in [-0.39, 0.29) is 5.91 Å². The minimum absolute atomic E-state index is 0.255. The molecule has 1 N–H and O–H groups in total. The molecule has 0 saturated heterocycles. The van der Waals surface area contributed by atoms with E-state index in [0.717, 1.165) is 42.0 Å². The lowest BCUT2D eigenvalue weighted by atomic mass is 9.95. The van der Waals surface area contributed by atoms with E-state index in [1.807, 2.05) is 49.4 Å². The summed E-state index contributed by atoms with van der Waals surface area (Å²) in [7, 11) is 1.37. The molecule has 4 rings (SSSR count). The van der Waals surface area contributed by atoms with Gasteiger partial charge < -0.3 is 14.8 Å². The average molecular weight is 424 g/mol. The van der Waals surface area contributed by atoms with Crippen molar-refractivity contribution in [3.8, 4) is 5.75 Å². The molecule has 1 atom stereocenters. The number of aryl methyl sites for hydroxylation is 1. The Morgan fingerprint density at radius 1 is 1.10 bits per heavy atom. The normalized spacial score (nSPS) is 14.1. The number of amides is 1. The highest BCUT2D eigenvalue weighted by molar-refractivity contribution is 7.17. The van der Waals surface area contributed by atoms with Gasteiger partial charge in [-0.1, -0.05) is 37.3 Å². The van der Waals surface area contributed by atoms with Crippen LogP contribution in [-0.4, -0.2) is 25.1 Å². The number of methoxy groups -OCH3 is 1. The molecule has 0 bridgehead atoms. The van der Waals surface area contributed by atoms with Crippen LogP contribution in [0.4, 0.5) is 5.00 Å². The molecule has 2 aromatic carbocycles. The first kappa shape index (κ1) is 20.4. The molecule has 1 aromatic heterocycles. The Hall–Kier alpha value is -2.86. The van der Waals surface area contributed by atoms with E-state index in [2.05, 4.69) is 5.32 Å². The van der Waals surface area contributed by atoms with Crippen LogP contribution in [-0.2, 0) is 22.4 Å². The maximum absolute atomic E-state index is 13.0. The SMILES string of the molecule is CC[C@H](Oc1ccc2ccccc2c1)C(=O)Nc1sc2c(c1C(=O)OC)CCCC2. The Bertz CT molecular complexity index is 1090. The lowest BCUT2D eigenvalue weighted by molar-refractivity contribution is -0.122. The van der Waals surface area contributed by atoms with Crippen LogP contribution in [0.3, 0.4) is 0 Å². The minimum Gasteiger partial charge on any atom is -0.481 e. The van der Waals surface area contributed by atoms with Gasteiger partial charge in [0.1, 0.15) is 10.8 Å². The fraction of sp³-hybridized carbons (Fsp3) is 0.333. The molecule has 0 aliphatic heterocycles. The predicted molar refractivity (Wildman–Crippen MR) is 120 cm³/mol. The van der Waals surface area contributed by atoms with Crippen molar-refractivity contribution < 1.29 is 19.1 Å². The first-order valence-corrected chi connectivity index (χ1v) is 11.1. The Kier molecular flexibility index (Phi) is 6.04. The quantitative estimate of drug-likeness (QED) is 0.542. The number of esters is 1. The number of hydrogen-bond donors (Lipinski definition) is 1. The number of carbonyl (C=O) groups excluding carboxylic acids is 2. The van der Waals surface area contributed by atoms with Crippen LogP contribution < -0.4 is 10.1 Å². The second kappa shape index (κ2) is 8.88. The Morgan fingerprint density at radius 2 is 1.87 bits per heavy atom. The molecule has 1 amide bonds. The summed E-state index contributed by atoms with van der Waals surface area (Å²) in [6.45, 7) is 1.91. The molecular weight excluding hydrogens is 398 g/mol. The van der Waals surface area contributed by atoms with Gasteiger partial charge in [0.15, 0.2) is 6.10 Å². The summed E-state index contributed by atoms with van der Waals surface area (Å²) in [6, 6.07) is 13.8. The molecule has 1 aliphatic rings. The molecule has 3 aromatic rings. The fourth-order valence-electron chi connectivity index (χ4n) is 3.89.